The Bertz CT molecular complexity index is 796. The van der Waals surface area contributed by atoms with E-state index in [9.17, 15) is 4.79 Å². The summed E-state index contributed by atoms with van der Waals surface area (Å²) in [6, 6.07) is 1.09. The lowest BCUT2D eigenvalue weighted by atomic mass is 9.68. The van der Waals surface area contributed by atoms with Gasteiger partial charge in [-0.2, -0.15) is 5.10 Å². The summed E-state index contributed by atoms with van der Waals surface area (Å²) in [6.07, 6.45) is 13.5. The lowest BCUT2D eigenvalue weighted by molar-refractivity contribution is 0.00128. The summed E-state index contributed by atoms with van der Waals surface area (Å²) in [7, 11) is 0. The Labute approximate surface area is 161 Å². The lowest BCUT2D eigenvalue weighted by Crippen LogP contribution is -2.60. The number of rotatable bonds is 1. The second-order valence-electron chi connectivity index (χ2n) is 9.39. The average molecular weight is 367 g/mol. The molecule has 0 aromatic carbocycles. The number of aryl methyl sites for hydroxylation is 1. The standard InChI is InChI=1S/C22H30N4O/c27-22(20-17-6-3-7-18(17)23-24-20)26-10-4-5-14-11-15-12-16(21(14)26)13-25-9-2-1-8-19(15)25/h11,15-16,19,21H,1-10,12-13H2,(H,23,24)/t15-,16+,19-,21+/m0/s1. The van der Waals surface area contributed by atoms with Gasteiger partial charge in [0.15, 0.2) is 5.69 Å². The molecule has 6 rings (SSSR count). The molecule has 0 saturated carbocycles. The molecule has 0 unspecified atom stereocenters. The van der Waals surface area contributed by atoms with Crippen molar-refractivity contribution in [2.75, 3.05) is 19.6 Å². The van der Waals surface area contributed by atoms with Crippen LogP contribution < -0.4 is 0 Å². The van der Waals surface area contributed by atoms with Crippen molar-refractivity contribution in [3.8, 4) is 0 Å². The number of nitrogens with zero attached hydrogens (tertiary/aromatic N) is 3. The van der Waals surface area contributed by atoms with E-state index in [0.717, 1.165) is 49.9 Å². The fourth-order valence-corrected chi connectivity index (χ4v) is 6.83. The number of H-pyrrole nitrogens is 1. The molecule has 2 bridgehead atoms. The summed E-state index contributed by atoms with van der Waals surface area (Å²) >= 11 is 0. The minimum atomic E-state index is 0.184. The van der Waals surface area contributed by atoms with E-state index in [1.54, 1.807) is 5.57 Å². The number of fused-ring (bicyclic) bond motifs is 7. The van der Waals surface area contributed by atoms with E-state index in [1.165, 1.54) is 56.5 Å². The number of aromatic nitrogens is 2. The van der Waals surface area contributed by atoms with Gasteiger partial charge in [0.05, 0.1) is 6.04 Å². The number of amides is 1. The number of likely N-dealkylation sites (tertiary alicyclic amines) is 1. The Morgan fingerprint density at radius 3 is 3.04 bits per heavy atom. The molecular weight excluding hydrogens is 336 g/mol. The van der Waals surface area contributed by atoms with Gasteiger partial charge in [-0.3, -0.25) is 14.8 Å². The number of hydrogen-bond acceptors (Lipinski definition) is 3. The average Bonchev–Trinajstić information content (AvgIpc) is 3.31. The summed E-state index contributed by atoms with van der Waals surface area (Å²) in [6.45, 7) is 3.34. The highest BCUT2D eigenvalue weighted by molar-refractivity contribution is 5.94. The fraction of sp³-hybridized carbons (Fsp3) is 0.727. The van der Waals surface area contributed by atoms with Crippen LogP contribution in [0.2, 0.25) is 0 Å². The quantitative estimate of drug-likeness (QED) is 0.778. The van der Waals surface area contributed by atoms with E-state index in [-0.39, 0.29) is 5.91 Å². The van der Waals surface area contributed by atoms with Gasteiger partial charge in [-0.05, 0) is 69.7 Å². The maximum absolute atomic E-state index is 13.5. The first kappa shape index (κ1) is 16.3. The molecule has 4 heterocycles. The number of nitrogens with one attached hydrogen (secondary N) is 1. The molecule has 0 spiro atoms. The predicted molar refractivity (Wildman–Crippen MR) is 104 cm³/mol. The zero-order valence-corrected chi connectivity index (χ0v) is 16.1. The largest absolute Gasteiger partial charge is 0.330 e. The number of piperidine rings is 3. The molecule has 1 amide bonds. The highest BCUT2D eigenvalue weighted by Gasteiger charge is 2.47. The van der Waals surface area contributed by atoms with E-state index < -0.39 is 0 Å². The summed E-state index contributed by atoms with van der Waals surface area (Å²) < 4.78 is 0. The molecule has 3 fully saturated rings. The Kier molecular flexibility index (Phi) is 3.75. The van der Waals surface area contributed by atoms with Gasteiger partial charge in [0.2, 0.25) is 0 Å². The number of hydrogen-bond donors (Lipinski definition) is 1. The van der Waals surface area contributed by atoms with Crippen molar-refractivity contribution in [2.45, 2.75) is 69.9 Å². The molecule has 3 saturated heterocycles. The fourth-order valence-electron chi connectivity index (χ4n) is 6.83. The third-order valence-corrected chi connectivity index (χ3v) is 7.93. The monoisotopic (exact) mass is 366 g/mol. The van der Waals surface area contributed by atoms with Gasteiger partial charge in [0, 0.05) is 30.4 Å². The third-order valence-electron chi connectivity index (χ3n) is 7.93. The lowest BCUT2D eigenvalue weighted by Gasteiger charge is -2.54. The molecular formula is C22H30N4O. The second kappa shape index (κ2) is 6.20. The Hall–Kier alpha value is -1.62. The Morgan fingerprint density at radius 1 is 1.11 bits per heavy atom. The maximum Gasteiger partial charge on any atom is 0.275 e. The zero-order chi connectivity index (χ0) is 18.0. The van der Waals surface area contributed by atoms with Gasteiger partial charge in [0.25, 0.3) is 5.91 Å². The minimum absolute atomic E-state index is 0.184. The number of carbonyl (C=O) groups excluding carboxylic acids is 1. The van der Waals surface area contributed by atoms with Crippen LogP contribution in [0.4, 0.5) is 0 Å². The van der Waals surface area contributed by atoms with Crippen LogP contribution in [-0.2, 0) is 12.8 Å². The van der Waals surface area contributed by atoms with Crippen molar-refractivity contribution in [3.05, 3.63) is 28.6 Å². The van der Waals surface area contributed by atoms with Crippen LogP contribution in [0.5, 0.6) is 0 Å². The Morgan fingerprint density at radius 2 is 2.07 bits per heavy atom. The van der Waals surface area contributed by atoms with Crippen LogP contribution >= 0.6 is 0 Å². The van der Waals surface area contributed by atoms with Crippen LogP contribution in [0.1, 0.15) is 66.7 Å². The molecule has 5 nitrogen and oxygen atoms in total. The van der Waals surface area contributed by atoms with E-state index in [4.69, 9.17) is 0 Å². The van der Waals surface area contributed by atoms with Crippen LogP contribution in [0, 0.1) is 11.8 Å². The minimum Gasteiger partial charge on any atom is -0.330 e. The van der Waals surface area contributed by atoms with E-state index >= 15 is 0 Å². The molecule has 1 N–H and O–H groups in total. The van der Waals surface area contributed by atoms with Crippen molar-refractivity contribution in [1.29, 1.82) is 0 Å². The second-order valence-corrected chi connectivity index (χ2v) is 9.39. The van der Waals surface area contributed by atoms with Gasteiger partial charge in [-0.15, -0.1) is 0 Å². The summed E-state index contributed by atoms with van der Waals surface area (Å²) in [5.74, 6) is 1.52. The molecule has 3 aliphatic heterocycles. The molecule has 0 radical (unpaired) electrons. The summed E-state index contributed by atoms with van der Waals surface area (Å²) in [5.41, 5.74) is 4.68. The van der Waals surface area contributed by atoms with Crippen molar-refractivity contribution in [2.24, 2.45) is 11.8 Å². The molecule has 2 aliphatic carbocycles. The van der Waals surface area contributed by atoms with E-state index in [2.05, 4.69) is 26.1 Å². The highest BCUT2D eigenvalue weighted by Crippen LogP contribution is 2.45. The summed E-state index contributed by atoms with van der Waals surface area (Å²) in [4.78, 5) is 18.5. The van der Waals surface area contributed by atoms with Crippen molar-refractivity contribution >= 4 is 5.91 Å². The normalized spacial score (nSPS) is 35.3. The van der Waals surface area contributed by atoms with Crippen LogP contribution in [-0.4, -0.2) is 57.6 Å². The van der Waals surface area contributed by atoms with Crippen LogP contribution in [0.15, 0.2) is 11.6 Å². The Balaban J connectivity index is 1.33. The van der Waals surface area contributed by atoms with Crippen molar-refractivity contribution in [3.63, 3.8) is 0 Å². The van der Waals surface area contributed by atoms with E-state index in [0.29, 0.717) is 12.0 Å². The van der Waals surface area contributed by atoms with Gasteiger partial charge in [-0.25, -0.2) is 0 Å². The smallest absolute Gasteiger partial charge is 0.275 e. The maximum atomic E-state index is 13.5. The molecule has 4 atom stereocenters. The van der Waals surface area contributed by atoms with E-state index in [1.807, 2.05) is 0 Å². The van der Waals surface area contributed by atoms with Crippen LogP contribution in [0.25, 0.3) is 0 Å². The van der Waals surface area contributed by atoms with Gasteiger partial charge in [-0.1, -0.05) is 18.1 Å². The van der Waals surface area contributed by atoms with Crippen molar-refractivity contribution < 1.29 is 4.79 Å². The molecule has 5 aliphatic rings. The zero-order valence-electron chi connectivity index (χ0n) is 16.1. The molecule has 5 heteroatoms. The van der Waals surface area contributed by atoms with Crippen LogP contribution in [0.3, 0.4) is 0 Å². The molecule has 27 heavy (non-hydrogen) atoms. The topological polar surface area (TPSA) is 52.2 Å². The first-order chi connectivity index (χ1) is 13.3. The first-order valence-corrected chi connectivity index (χ1v) is 11.1. The molecule has 1 aromatic heterocycles. The number of aromatic amines is 1. The van der Waals surface area contributed by atoms with Crippen molar-refractivity contribution in [1.82, 2.24) is 20.0 Å². The highest BCUT2D eigenvalue weighted by atomic mass is 16.2. The third kappa shape index (κ3) is 2.47. The first-order valence-electron chi connectivity index (χ1n) is 11.1. The SMILES string of the molecule is O=C(c1n[nH]c2c1CCC2)N1CCCC2=C[C@H]3C[C@H](CN4CCCC[C@@H]34)[C@@H]21. The summed E-state index contributed by atoms with van der Waals surface area (Å²) in [5, 5.41) is 7.59. The predicted octanol–water partition coefficient (Wildman–Crippen LogP) is 2.93. The molecule has 144 valence electrons. The van der Waals surface area contributed by atoms with Gasteiger partial charge in [0.1, 0.15) is 0 Å². The molecule has 1 aromatic rings. The van der Waals surface area contributed by atoms with Gasteiger partial charge < -0.3 is 4.90 Å². The van der Waals surface area contributed by atoms with Gasteiger partial charge >= 0.3 is 0 Å². The number of carbonyl (C=O) groups is 1.